The minimum absolute atomic E-state index is 0.206. The van der Waals surface area contributed by atoms with E-state index in [0.717, 1.165) is 12.5 Å². The smallest absolute Gasteiger partial charge is 0.0499 e. The van der Waals surface area contributed by atoms with E-state index in [1.165, 1.54) is 58.0 Å². The van der Waals surface area contributed by atoms with Crippen molar-refractivity contribution in [2.45, 2.75) is 65.7 Å². The van der Waals surface area contributed by atoms with Crippen LogP contribution in [0.4, 0.5) is 0 Å². The SMILES string of the molecule is CCC1(C)CCN(CC2(CO)CCCC(C)C2)CC1. The second kappa shape index (κ2) is 6.13. The Bertz CT molecular complexity index is 283. The molecule has 112 valence electrons. The van der Waals surface area contributed by atoms with E-state index >= 15 is 0 Å². The number of hydrogen-bond donors (Lipinski definition) is 1. The number of aliphatic hydroxyl groups excluding tert-OH is 1. The fourth-order valence-electron chi connectivity index (χ4n) is 4.18. The summed E-state index contributed by atoms with van der Waals surface area (Å²) in [6.45, 7) is 11.1. The summed E-state index contributed by atoms with van der Waals surface area (Å²) in [7, 11) is 0. The Morgan fingerprint density at radius 2 is 1.89 bits per heavy atom. The molecule has 0 aromatic rings. The average Bonchev–Trinajstić information content (AvgIpc) is 2.42. The Kier molecular flexibility index (Phi) is 4.94. The Labute approximate surface area is 119 Å². The highest BCUT2D eigenvalue weighted by atomic mass is 16.3. The lowest BCUT2D eigenvalue weighted by Crippen LogP contribution is -2.47. The van der Waals surface area contributed by atoms with Gasteiger partial charge in [-0.2, -0.15) is 0 Å². The van der Waals surface area contributed by atoms with Gasteiger partial charge in [0.05, 0.1) is 0 Å². The molecule has 0 spiro atoms. The van der Waals surface area contributed by atoms with Crippen molar-refractivity contribution in [2.75, 3.05) is 26.2 Å². The summed E-state index contributed by atoms with van der Waals surface area (Å²) < 4.78 is 0. The van der Waals surface area contributed by atoms with E-state index in [1.807, 2.05) is 0 Å². The summed E-state index contributed by atoms with van der Waals surface area (Å²) in [6, 6.07) is 0. The first-order chi connectivity index (χ1) is 9.01. The van der Waals surface area contributed by atoms with Gasteiger partial charge < -0.3 is 10.0 Å². The van der Waals surface area contributed by atoms with E-state index in [-0.39, 0.29) is 5.41 Å². The van der Waals surface area contributed by atoms with Crippen molar-refractivity contribution in [2.24, 2.45) is 16.7 Å². The highest BCUT2D eigenvalue weighted by molar-refractivity contribution is 4.90. The summed E-state index contributed by atoms with van der Waals surface area (Å²) in [5.41, 5.74) is 0.778. The number of hydrogen-bond acceptors (Lipinski definition) is 2. The molecule has 1 aliphatic carbocycles. The molecule has 0 amide bonds. The lowest BCUT2D eigenvalue weighted by molar-refractivity contribution is 0.00416. The Morgan fingerprint density at radius 3 is 2.42 bits per heavy atom. The molecule has 0 aromatic carbocycles. The van der Waals surface area contributed by atoms with Gasteiger partial charge in [-0.15, -0.1) is 0 Å². The molecule has 2 heteroatoms. The van der Waals surface area contributed by atoms with Crippen LogP contribution in [-0.4, -0.2) is 36.2 Å². The molecule has 2 atom stereocenters. The van der Waals surface area contributed by atoms with Crippen molar-refractivity contribution < 1.29 is 5.11 Å². The van der Waals surface area contributed by atoms with Crippen molar-refractivity contribution >= 4 is 0 Å². The van der Waals surface area contributed by atoms with Crippen molar-refractivity contribution in [3.63, 3.8) is 0 Å². The fraction of sp³-hybridized carbons (Fsp3) is 1.00. The van der Waals surface area contributed by atoms with Gasteiger partial charge in [-0.3, -0.25) is 0 Å². The van der Waals surface area contributed by atoms with Crippen LogP contribution in [0.15, 0.2) is 0 Å². The normalized spacial score (nSPS) is 36.3. The van der Waals surface area contributed by atoms with E-state index in [1.54, 1.807) is 0 Å². The number of likely N-dealkylation sites (tertiary alicyclic amines) is 1. The fourth-order valence-corrected chi connectivity index (χ4v) is 4.18. The van der Waals surface area contributed by atoms with Crippen LogP contribution in [-0.2, 0) is 0 Å². The van der Waals surface area contributed by atoms with Gasteiger partial charge in [-0.25, -0.2) is 0 Å². The zero-order chi connectivity index (χ0) is 13.9. The highest BCUT2D eigenvalue weighted by Gasteiger charge is 2.38. The minimum atomic E-state index is 0.206. The molecule has 1 saturated carbocycles. The van der Waals surface area contributed by atoms with E-state index in [0.29, 0.717) is 12.0 Å². The van der Waals surface area contributed by atoms with Crippen LogP contribution in [0.3, 0.4) is 0 Å². The van der Waals surface area contributed by atoms with Gasteiger partial charge in [-0.05, 0) is 50.1 Å². The predicted molar refractivity (Wildman–Crippen MR) is 81.2 cm³/mol. The van der Waals surface area contributed by atoms with Gasteiger partial charge in [0.15, 0.2) is 0 Å². The molecule has 1 N–H and O–H groups in total. The van der Waals surface area contributed by atoms with Gasteiger partial charge in [-0.1, -0.05) is 40.0 Å². The zero-order valence-corrected chi connectivity index (χ0v) is 13.2. The molecule has 2 nitrogen and oxygen atoms in total. The lowest BCUT2D eigenvalue weighted by Gasteiger charge is -2.46. The first-order valence-electron chi connectivity index (χ1n) is 8.34. The Balaban J connectivity index is 1.89. The molecular formula is C17H33NO. The van der Waals surface area contributed by atoms with Crippen LogP contribution in [0, 0.1) is 16.7 Å². The summed E-state index contributed by atoms with van der Waals surface area (Å²) >= 11 is 0. The molecular weight excluding hydrogens is 234 g/mol. The minimum Gasteiger partial charge on any atom is -0.396 e. The van der Waals surface area contributed by atoms with Crippen LogP contribution in [0.2, 0.25) is 0 Å². The maximum Gasteiger partial charge on any atom is 0.0499 e. The summed E-state index contributed by atoms with van der Waals surface area (Å²) in [4.78, 5) is 2.63. The molecule has 2 aliphatic rings. The summed E-state index contributed by atoms with van der Waals surface area (Å²) in [5, 5.41) is 9.91. The van der Waals surface area contributed by atoms with E-state index in [9.17, 15) is 5.11 Å². The van der Waals surface area contributed by atoms with E-state index < -0.39 is 0 Å². The Morgan fingerprint density at radius 1 is 1.21 bits per heavy atom. The van der Waals surface area contributed by atoms with Gasteiger partial charge in [0, 0.05) is 18.6 Å². The van der Waals surface area contributed by atoms with Crippen molar-refractivity contribution in [1.82, 2.24) is 4.90 Å². The van der Waals surface area contributed by atoms with Gasteiger partial charge in [0.1, 0.15) is 0 Å². The third-order valence-corrected chi connectivity index (χ3v) is 6.00. The number of nitrogens with zero attached hydrogens (tertiary/aromatic N) is 1. The predicted octanol–water partition coefficient (Wildman–Crippen LogP) is 3.69. The van der Waals surface area contributed by atoms with Gasteiger partial charge in [0.25, 0.3) is 0 Å². The quantitative estimate of drug-likeness (QED) is 0.840. The highest BCUT2D eigenvalue weighted by Crippen LogP contribution is 2.41. The van der Waals surface area contributed by atoms with E-state index in [4.69, 9.17) is 0 Å². The first-order valence-corrected chi connectivity index (χ1v) is 8.34. The van der Waals surface area contributed by atoms with Crippen LogP contribution >= 0.6 is 0 Å². The zero-order valence-electron chi connectivity index (χ0n) is 13.2. The number of aliphatic hydroxyl groups is 1. The maximum absolute atomic E-state index is 9.91. The molecule has 1 aliphatic heterocycles. The second-order valence-corrected chi connectivity index (χ2v) is 7.80. The van der Waals surface area contributed by atoms with Crippen LogP contribution in [0.25, 0.3) is 0 Å². The second-order valence-electron chi connectivity index (χ2n) is 7.80. The van der Waals surface area contributed by atoms with Gasteiger partial charge in [0.2, 0.25) is 0 Å². The lowest BCUT2D eigenvalue weighted by atomic mass is 9.69. The van der Waals surface area contributed by atoms with E-state index in [2.05, 4.69) is 25.7 Å². The van der Waals surface area contributed by atoms with Crippen LogP contribution < -0.4 is 0 Å². The third-order valence-electron chi connectivity index (χ3n) is 6.00. The van der Waals surface area contributed by atoms with Crippen molar-refractivity contribution in [3.8, 4) is 0 Å². The molecule has 2 rings (SSSR count). The maximum atomic E-state index is 9.91. The molecule has 0 radical (unpaired) electrons. The standard InChI is InChI=1S/C17H33NO/c1-4-16(3)8-10-18(11-9-16)13-17(14-19)7-5-6-15(2)12-17/h15,19H,4-14H2,1-3H3. The monoisotopic (exact) mass is 267 g/mol. The van der Waals surface area contributed by atoms with Crippen LogP contribution in [0.5, 0.6) is 0 Å². The third kappa shape index (κ3) is 3.72. The van der Waals surface area contributed by atoms with Gasteiger partial charge >= 0.3 is 0 Å². The summed E-state index contributed by atoms with van der Waals surface area (Å²) in [5.74, 6) is 0.798. The summed E-state index contributed by atoms with van der Waals surface area (Å²) in [6.07, 6.45) is 9.10. The topological polar surface area (TPSA) is 23.5 Å². The molecule has 0 aromatic heterocycles. The molecule has 2 unspecified atom stereocenters. The molecule has 19 heavy (non-hydrogen) atoms. The molecule has 1 heterocycles. The molecule has 1 saturated heterocycles. The molecule has 0 bridgehead atoms. The number of piperidine rings is 1. The van der Waals surface area contributed by atoms with Crippen molar-refractivity contribution in [3.05, 3.63) is 0 Å². The molecule has 2 fully saturated rings. The number of rotatable bonds is 4. The van der Waals surface area contributed by atoms with Crippen LogP contribution in [0.1, 0.15) is 65.7 Å². The van der Waals surface area contributed by atoms with Crippen molar-refractivity contribution in [1.29, 1.82) is 0 Å². The largest absolute Gasteiger partial charge is 0.396 e. The Hall–Kier alpha value is -0.0800. The average molecular weight is 267 g/mol. The first kappa shape index (κ1) is 15.3.